The molecule has 0 spiro atoms. The normalized spacial score (nSPS) is 31.1. The van der Waals surface area contributed by atoms with Crippen LogP contribution in [-0.4, -0.2) is 24.6 Å². The molecule has 8 heteroatoms. The van der Waals surface area contributed by atoms with Gasteiger partial charge in [-0.05, 0) is 12.2 Å². The zero-order chi connectivity index (χ0) is 9.97. The van der Waals surface area contributed by atoms with Gasteiger partial charge in [0.05, 0.1) is 0 Å². The van der Waals surface area contributed by atoms with E-state index in [4.69, 9.17) is 9.47 Å². The summed E-state index contributed by atoms with van der Waals surface area (Å²) >= 11 is 0. The first-order chi connectivity index (χ1) is 6.74. The number of rotatable bonds is 2. The SMILES string of the molecule is O=C1NNC(C=CC2NNC(=O)O2)O1. The summed E-state index contributed by atoms with van der Waals surface area (Å²) in [7, 11) is 0. The summed E-state index contributed by atoms with van der Waals surface area (Å²) in [6.07, 6.45) is 0.876. The third kappa shape index (κ3) is 1.92. The number of nitrogens with one attached hydrogen (secondary N) is 4. The second-order valence-corrected chi connectivity index (χ2v) is 2.58. The van der Waals surface area contributed by atoms with Gasteiger partial charge in [0.1, 0.15) is 0 Å². The quantitative estimate of drug-likeness (QED) is 0.413. The number of hydrogen-bond donors (Lipinski definition) is 4. The van der Waals surface area contributed by atoms with Gasteiger partial charge in [0, 0.05) is 0 Å². The highest BCUT2D eigenvalue weighted by Crippen LogP contribution is 2.00. The third-order valence-corrected chi connectivity index (χ3v) is 1.56. The summed E-state index contributed by atoms with van der Waals surface area (Å²) in [4.78, 5) is 21.1. The standard InChI is InChI=1S/C6H8N4O4/c11-5-9-7-3(13-5)1-2-4-8-10-6(12)14-4/h1-4,7-8H,(H,9,11)(H,10,12). The molecular weight excluding hydrogens is 192 g/mol. The lowest BCUT2D eigenvalue weighted by molar-refractivity contribution is 0.144. The van der Waals surface area contributed by atoms with Crippen molar-refractivity contribution < 1.29 is 19.1 Å². The zero-order valence-electron chi connectivity index (χ0n) is 6.94. The molecule has 0 aliphatic carbocycles. The van der Waals surface area contributed by atoms with Gasteiger partial charge in [0.2, 0.25) is 0 Å². The highest BCUT2D eigenvalue weighted by Gasteiger charge is 2.22. The molecule has 2 heterocycles. The van der Waals surface area contributed by atoms with Crippen molar-refractivity contribution in [3.63, 3.8) is 0 Å². The van der Waals surface area contributed by atoms with Crippen molar-refractivity contribution in [1.82, 2.24) is 21.7 Å². The lowest BCUT2D eigenvalue weighted by atomic mass is 10.4. The smallest absolute Gasteiger partial charge is 0.423 e. The summed E-state index contributed by atoms with van der Waals surface area (Å²) in [6.45, 7) is 0. The number of hydrogen-bond acceptors (Lipinski definition) is 6. The minimum absolute atomic E-state index is 0.547. The summed E-state index contributed by atoms with van der Waals surface area (Å²) in [6, 6.07) is 0. The van der Waals surface area contributed by atoms with Crippen LogP contribution < -0.4 is 21.7 Å². The molecule has 0 aromatic rings. The molecule has 8 nitrogen and oxygen atoms in total. The Morgan fingerprint density at radius 3 is 1.64 bits per heavy atom. The summed E-state index contributed by atoms with van der Waals surface area (Å²) < 4.78 is 9.42. The van der Waals surface area contributed by atoms with E-state index < -0.39 is 24.6 Å². The summed E-state index contributed by atoms with van der Waals surface area (Å²) in [5.74, 6) is 0. The van der Waals surface area contributed by atoms with Crippen LogP contribution in [0.25, 0.3) is 0 Å². The minimum Gasteiger partial charge on any atom is -0.424 e. The van der Waals surface area contributed by atoms with Gasteiger partial charge in [-0.25, -0.2) is 9.59 Å². The molecular formula is C6H8N4O4. The Kier molecular flexibility index (Phi) is 2.21. The molecule has 2 atom stereocenters. The first-order valence-electron chi connectivity index (χ1n) is 3.87. The van der Waals surface area contributed by atoms with Gasteiger partial charge in [-0.15, -0.1) is 0 Å². The van der Waals surface area contributed by atoms with Gasteiger partial charge < -0.3 is 9.47 Å². The fraction of sp³-hybridized carbons (Fsp3) is 0.333. The van der Waals surface area contributed by atoms with Crippen LogP contribution in [0.5, 0.6) is 0 Å². The highest BCUT2D eigenvalue weighted by molar-refractivity contribution is 5.69. The fourth-order valence-electron chi connectivity index (χ4n) is 0.985. The van der Waals surface area contributed by atoms with Crippen LogP contribution in [0.3, 0.4) is 0 Å². The van der Waals surface area contributed by atoms with Crippen molar-refractivity contribution >= 4 is 12.2 Å². The third-order valence-electron chi connectivity index (χ3n) is 1.56. The Morgan fingerprint density at radius 2 is 1.36 bits per heavy atom. The lowest BCUT2D eigenvalue weighted by Crippen LogP contribution is -2.32. The van der Waals surface area contributed by atoms with E-state index >= 15 is 0 Å². The van der Waals surface area contributed by atoms with Gasteiger partial charge in [-0.1, -0.05) is 0 Å². The monoisotopic (exact) mass is 200 g/mol. The molecule has 76 valence electrons. The predicted octanol–water partition coefficient (Wildman–Crippen LogP) is -1.32. The van der Waals surface area contributed by atoms with E-state index in [0.717, 1.165) is 0 Å². The maximum Gasteiger partial charge on any atom is 0.423 e. The average molecular weight is 200 g/mol. The number of ether oxygens (including phenoxy) is 2. The van der Waals surface area contributed by atoms with Crippen LogP contribution in [0, 0.1) is 0 Å². The molecule has 2 saturated heterocycles. The zero-order valence-corrected chi connectivity index (χ0v) is 6.94. The van der Waals surface area contributed by atoms with Crippen LogP contribution in [0.1, 0.15) is 0 Å². The second-order valence-electron chi connectivity index (χ2n) is 2.58. The van der Waals surface area contributed by atoms with E-state index in [9.17, 15) is 9.59 Å². The first kappa shape index (κ1) is 8.78. The van der Waals surface area contributed by atoms with E-state index in [1.807, 2.05) is 0 Å². The molecule has 0 aromatic heterocycles. The van der Waals surface area contributed by atoms with Gasteiger partial charge >= 0.3 is 12.2 Å². The van der Waals surface area contributed by atoms with Crippen molar-refractivity contribution in [3.05, 3.63) is 12.2 Å². The fourth-order valence-corrected chi connectivity index (χ4v) is 0.985. The van der Waals surface area contributed by atoms with E-state index in [1.54, 1.807) is 0 Å². The molecule has 0 radical (unpaired) electrons. The van der Waals surface area contributed by atoms with Crippen LogP contribution in [0.15, 0.2) is 12.2 Å². The van der Waals surface area contributed by atoms with Crippen molar-refractivity contribution in [1.29, 1.82) is 0 Å². The lowest BCUT2D eigenvalue weighted by Gasteiger charge is -2.03. The summed E-state index contributed by atoms with van der Waals surface area (Å²) in [5.41, 5.74) is 9.58. The maximum atomic E-state index is 10.6. The van der Waals surface area contributed by atoms with Gasteiger partial charge in [-0.3, -0.25) is 10.9 Å². The maximum absolute atomic E-state index is 10.6. The predicted molar refractivity (Wildman–Crippen MR) is 42.2 cm³/mol. The van der Waals surface area contributed by atoms with Crippen LogP contribution in [0.4, 0.5) is 9.59 Å². The topological polar surface area (TPSA) is 101 Å². The minimum atomic E-state index is -0.552. The summed E-state index contributed by atoms with van der Waals surface area (Å²) in [5, 5.41) is 0. The van der Waals surface area contributed by atoms with Gasteiger partial charge in [0.15, 0.2) is 12.5 Å². The van der Waals surface area contributed by atoms with Crippen molar-refractivity contribution in [3.8, 4) is 0 Å². The number of cyclic esters (lactones) is 2. The van der Waals surface area contributed by atoms with Crippen molar-refractivity contribution in [2.24, 2.45) is 0 Å². The number of carbonyl (C=O) groups excluding carboxylic acids is 2. The molecule has 2 rings (SSSR count). The Bertz CT molecular complexity index is 264. The molecule has 0 aromatic carbocycles. The second kappa shape index (κ2) is 3.52. The Hall–Kier alpha value is -1.80. The van der Waals surface area contributed by atoms with Crippen LogP contribution in [-0.2, 0) is 9.47 Å². The van der Waals surface area contributed by atoms with Crippen molar-refractivity contribution in [2.45, 2.75) is 12.5 Å². The molecule has 0 saturated carbocycles. The molecule has 4 N–H and O–H groups in total. The Labute approximate surface area is 78.6 Å². The van der Waals surface area contributed by atoms with Crippen LogP contribution >= 0.6 is 0 Å². The van der Waals surface area contributed by atoms with Crippen molar-refractivity contribution in [2.75, 3.05) is 0 Å². The van der Waals surface area contributed by atoms with E-state index in [2.05, 4.69) is 21.7 Å². The first-order valence-corrected chi connectivity index (χ1v) is 3.87. The van der Waals surface area contributed by atoms with E-state index in [0.29, 0.717) is 0 Å². The molecule has 14 heavy (non-hydrogen) atoms. The molecule has 2 fully saturated rings. The largest absolute Gasteiger partial charge is 0.424 e. The highest BCUT2D eigenvalue weighted by atomic mass is 16.6. The molecule has 2 unspecified atom stereocenters. The Morgan fingerprint density at radius 1 is 0.929 bits per heavy atom. The van der Waals surface area contributed by atoms with E-state index in [1.165, 1.54) is 12.2 Å². The number of hydrazine groups is 2. The Balaban J connectivity index is 1.82. The van der Waals surface area contributed by atoms with Gasteiger partial charge in [-0.2, -0.15) is 10.9 Å². The van der Waals surface area contributed by atoms with Gasteiger partial charge in [0.25, 0.3) is 0 Å². The number of carbonyl (C=O) groups is 2. The van der Waals surface area contributed by atoms with E-state index in [-0.39, 0.29) is 0 Å². The molecule has 0 bridgehead atoms. The molecule has 2 amide bonds. The molecule has 2 aliphatic rings. The van der Waals surface area contributed by atoms with Crippen LogP contribution in [0.2, 0.25) is 0 Å². The number of amides is 2. The molecule has 2 aliphatic heterocycles. The average Bonchev–Trinajstić information content (AvgIpc) is 2.72.